The van der Waals surface area contributed by atoms with E-state index in [2.05, 4.69) is 0 Å². The first-order valence-corrected chi connectivity index (χ1v) is 2.73. The van der Waals surface area contributed by atoms with E-state index in [0.29, 0.717) is 0 Å². The van der Waals surface area contributed by atoms with Crippen LogP contribution in [0.15, 0.2) is 0 Å². The molecule has 1 unspecified atom stereocenters. The summed E-state index contributed by atoms with van der Waals surface area (Å²) in [6, 6.07) is 0. The lowest BCUT2D eigenvalue weighted by atomic mass is 9.78. The number of alkyl halides is 5. The van der Waals surface area contributed by atoms with E-state index in [1.807, 2.05) is 0 Å². The molecule has 1 aliphatic rings. The summed E-state index contributed by atoms with van der Waals surface area (Å²) in [6.07, 6.45) is -1.03. The molecule has 0 aliphatic heterocycles. The smallest absolute Gasteiger partial charge is 0.251 e. The second-order valence-electron chi connectivity index (χ2n) is 2.38. The summed E-state index contributed by atoms with van der Waals surface area (Å²) in [6.45, 7) is -1.37. The van der Waals surface area contributed by atoms with Crippen molar-refractivity contribution in [2.75, 3.05) is 6.67 Å². The van der Waals surface area contributed by atoms with Crippen molar-refractivity contribution in [3.63, 3.8) is 0 Å². The second-order valence-corrected chi connectivity index (χ2v) is 2.38. The zero-order valence-corrected chi connectivity index (χ0v) is 4.88. The van der Waals surface area contributed by atoms with E-state index in [0.717, 1.165) is 0 Å². The van der Waals surface area contributed by atoms with Crippen LogP contribution in [0.2, 0.25) is 0 Å². The zero-order valence-electron chi connectivity index (χ0n) is 4.88. The molecule has 0 aromatic carbocycles. The predicted molar refractivity (Wildman–Crippen MR) is 24.0 cm³/mol. The molecule has 1 rings (SSSR count). The van der Waals surface area contributed by atoms with Crippen molar-refractivity contribution in [3.05, 3.63) is 0 Å². The summed E-state index contributed by atoms with van der Waals surface area (Å²) < 4.78 is 59.1. The number of rotatable bonds is 1. The Kier molecular flexibility index (Phi) is 1.42. The van der Waals surface area contributed by atoms with Crippen LogP contribution in [0.3, 0.4) is 0 Å². The third-order valence-electron chi connectivity index (χ3n) is 1.69. The van der Waals surface area contributed by atoms with Gasteiger partial charge in [0.2, 0.25) is 0 Å². The van der Waals surface area contributed by atoms with Gasteiger partial charge >= 0.3 is 11.8 Å². The molecule has 10 heavy (non-hydrogen) atoms. The van der Waals surface area contributed by atoms with Crippen LogP contribution in [-0.2, 0) is 0 Å². The topological polar surface area (TPSA) is 0 Å². The van der Waals surface area contributed by atoms with Crippen LogP contribution in [0.5, 0.6) is 0 Å². The number of hydrogen-bond donors (Lipinski definition) is 0. The molecule has 1 saturated carbocycles. The first-order chi connectivity index (χ1) is 4.42. The van der Waals surface area contributed by atoms with Crippen molar-refractivity contribution in [1.29, 1.82) is 0 Å². The third-order valence-corrected chi connectivity index (χ3v) is 1.69. The van der Waals surface area contributed by atoms with Gasteiger partial charge in [-0.05, 0) is 0 Å². The van der Waals surface area contributed by atoms with Crippen LogP contribution < -0.4 is 0 Å². The van der Waals surface area contributed by atoms with E-state index in [4.69, 9.17) is 0 Å². The first kappa shape index (κ1) is 7.75. The standard InChI is InChI=1S/C5H5F5/c6-2-3-1-4(7,8)5(3,9)10/h3H,1-2H2. The van der Waals surface area contributed by atoms with Crippen LogP contribution in [0.25, 0.3) is 0 Å². The largest absolute Gasteiger partial charge is 0.315 e. The SMILES string of the molecule is FCC1CC(F)(F)C1(F)F. The Morgan fingerprint density at radius 1 is 1.20 bits per heavy atom. The molecule has 0 heterocycles. The van der Waals surface area contributed by atoms with Gasteiger partial charge in [-0.2, -0.15) is 17.6 Å². The molecule has 1 aliphatic carbocycles. The van der Waals surface area contributed by atoms with E-state index in [1.165, 1.54) is 0 Å². The minimum Gasteiger partial charge on any atom is -0.251 e. The Morgan fingerprint density at radius 3 is 1.80 bits per heavy atom. The summed E-state index contributed by atoms with van der Waals surface area (Å²) in [5.74, 6) is -9.88. The highest BCUT2D eigenvalue weighted by atomic mass is 19.3. The maximum Gasteiger partial charge on any atom is 0.315 e. The van der Waals surface area contributed by atoms with Crippen molar-refractivity contribution < 1.29 is 22.0 Å². The van der Waals surface area contributed by atoms with Crippen LogP contribution >= 0.6 is 0 Å². The molecule has 0 N–H and O–H groups in total. The lowest BCUT2D eigenvalue weighted by molar-refractivity contribution is -0.315. The van der Waals surface area contributed by atoms with Crippen molar-refractivity contribution >= 4 is 0 Å². The van der Waals surface area contributed by atoms with Gasteiger partial charge in [0.25, 0.3) is 0 Å². The minimum atomic E-state index is -4.12. The Hall–Kier alpha value is -0.350. The van der Waals surface area contributed by atoms with Crippen LogP contribution in [0.1, 0.15) is 6.42 Å². The van der Waals surface area contributed by atoms with Crippen LogP contribution in [-0.4, -0.2) is 18.5 Å². The van der Waals surface area contributed by atoms with E-state index in [9.17, 15) is 22.0 Å². The van der Waals surface area contributed by atoms with E-state index >= 15 is 0 Å². The number of hydrogen-bond acceptors (Lipinski definition) is 0. The fraction of sp³-hybridized carbons (Fsp3) is 1.00. The van der Waals surface area contributed by atoms with Crippen molar-refractivity contribution in [3.8, 4) is 0 Å². The van der Waals surface area contributed by atoms with Crippen LogP contribution in [0.4, 0.5) is 22.0 Å². The highest BCUT2D eigenvalue weighted by Gasteiger charge is 2.71. The van der Waals surface area contributed by atoms with Gasteiger partial charge in [0.15, 0.2) is 0 Å². The number of halogens is 5. The van der Waals surface area contributed by atoms with Crippen molar-refractivity contribution in [2.45, 2.75) is 18.3 Å². The van der Waals surface area contributed by atoms with E-state index in [-0.39, 0.29) is 0 Å². The summed E-state index contributed by atoms with van der Waals surface area (Å²) in [4.78, 5) is 0. The molecule has 60 valence electrons. The molecular weight excluding hydrogens is 155 g/mol. The van der Waals surface area contributed by atoms with Gasteiger partial charge in [-0.15, -0.1) is 0 Å². The highest BCUT2D eigenvalue weighted by Crippen LogP contribution is 2.55. The molecule has 1 fully saturated rings. The minimum absolute atomic E-state index is 1.03. The summed E-state index contributed by atoms with van der Waals surface area (Å²) in [5, 5.41) is 0. The lowest BCUT2D eigenvalue weighted by Gasteiger charge is -2.42. The molecule has 0 radical (unpaired) electrons. The predicted octanol–water partition coefficient (Wildman–Crippen LogP) is 2.25. The Bertz CT molecular complexity index is 141. The van der Waals surface area contributed by atoms with Gasteiger partial charge in [-0.1, -0.05) is 0 Å². The monoisotopic (exact) mass is 160 g/mol. The molecular formula is C5H5F5. The molecule has 0 saturated heterocycles. The third kappa shape index (κ3) is 0.722. The van der Waals surface area contributed by atoms with Crippen molar-refractivity contribution in [2.24, 2.45) is 5.92 Å². The Labute approximate surface area is 54.0 Å². The van der Waals surface area contributed by atoms with E-state index < -0.39 is 30.9 Å². The first-order valence-electron chi connectivity index (χ1n) is 2.73. The quantitative estimate of drug-likeness (QED) is 0.516. The highest BCUT2D eigenvalue weighted by molar-refractivity contribution is 5.02. The van der Waals surface area contributed by atoms with Gasteiger partial charge < -0.3 is 0 Å². The van der Waals surface area contributed by atoms with Gasteiger partial charge in [0.1, 0.15) is 0 Å². The Morgan fingerprint density at radius 2 is 1.70 bits per heavy atom. The fourth-order valence-electron chi connectivity index (χ4n) is 0.893. The summed E-state index contributed by atoms with van der Waals surface area (Å²) >= 11 is 0. The summed E-state index contributed by atoms with van der Waals surface area (Å²) in [5.41, 5.74) is 0. The van der Waals surface area contributed by atoms with Gasteiger partial charge in [0.05, 0.1) is 12.6 Å². The summed E-state index contributed by atoms with van der Waals surface area (Å²) in [7, 11) is 0. The van der Waals surface area contributed by atoms with E-state index in [1.54, 1.807) is 0 Å². The zero-order chi connectivity index (χ0) is 7.99. The average Bonchev–Trinajstić information content (AvgIpc) is 1.83. The molecule has 0 amide bonds. The average molecular weight is 160 g/mol. The lowest BCUT2D eigenvalue weighted by Crippen LogP contribution is -2.59. The molecule has 0 nitrogen and oxygen atoms in total. The molecule has 0 aromatic heterocycles. The molecule has 0 aromatic rings. The van der Waals surface area contributed by atoms with Gasteiger partial charge in [-0.3, -0.25) is 4.39 Å². The maximum absolute atomic E-state index is 12.0. The fourth-order valence-corrected chi connectivity index (χ4v) is 0.893. The second kappa shape index (κ2) is 1.83. The maximum atomic E-state index is 12.0. The Balaban J connectivity index is 2.65. The van der Waals surface area contributed by atoms with Gasteiger partial charge in [0, 0.05) is 6.42 Å². The molecule has 1 atom stereocenters. The molecule has 0 spiro atoms. The molecule has 0 bridgehead atoms. The molecule has 5 heteroatoms. The van der Waals surface area contributed by atoms with Crippen LogP contribution in [0, 0.1) is 5.92 Å². The van der Waals surface area contributed by atoms with Crippen molar-refractivity contribution in [1.82, 2.24) is 0 Å². The normalized spacial score (nSPS) is 35.1. The van der Waals surface area contributed by atoms with Gasteiger partial charge in [-0.25, -0.2) is 0 Å².